The predicted octanol–water partition coefficient (Wildman–Crippen LogP) is 1.61. The molecule has 1 aromatic rings. The Morgan fingerprint density at radius 1 is 1.11 bits per heavy atom. The topological polar surface area (TPSA) is 56.4 Å². The van der Waals surface area contributed by atoms with Gasteiger partial charge in [-0.15, -0.1) is 0 Å². The summed E-state index contributed by atoms with van der Waals surface area (Å²) in [5.41, 5.74) is 1.45. The highest BCUT2D eigenvalue weighted by molar-refractivity contribution is 5.89. The number of hydrogen-bond donors (Lipinski definition) is 0. The van der Waals surface area contributed by atoms with Crippen LogP contribution < -0.4 is 11.2 Å². The first-order valence-electron chi connectivity index (χ1n) is 6.96. The molecule has 3 rings (SSSR count). The van der Waals surface area contributed by atoms with E-state index in [1.165, 1.54) is 22.0 Å². The zero-order chi connectivity index (χ0) is 13.6. The highest BCUT2D eigenvalue weighted by Crippen LogP contribution is 2.37. The second kappa shape index (κ2) is 4.47. The Morgan fingerprint density at radius 3 is 2.68 bits per heavy atom. The van der Waals surface area contributed by atoms with Gasteiger partial charge in [0.2, 0.25) is 0 Å². The standard InChI is InChI=1S/C14H19N3O2/c1-16-12-11(13(18)17(2)14(16)19)9-6-4-3-5-7-10(8-9)15-12/h9H,3-8H2,1-2H3. The summed E-state index contributed by atoms with van der Waals surface area (Å²) in [5, 5.41) is 0. The van der Waals surface area contributed by atoms with Gasteiger partial charge in [-0.25, -0.2) is 9.79 Å². The van der Waals surface area contributed by atoms with Crippen LogP contribution in [0, 0.1) is 0 Å². The van der Waals surface area contributed by atoms with Gasteiger partial charge < -0.3 is 0 Å². The number of aromatic nitrogens is 2. The van der Waals surface area contributed by atoms with E-state index in [1.54, 1.807) is 14.1 Å². The minimum absolute atomic E-state index is 0.161. The lowest BCUT2D eigenvalue weighted by Crippen LogP contribution is -2.41. The van der Waals surface area contributed by atoms with Crippen LogP contribution in [-0.4, -0.2) is 14.8 Å². The third-order valence-electron chi connectivity index (χ3n) is 4.34. The average molecular weight is 261 g/mol. The van der Waals surface area contributed by atoms with Gasteiger partial charge in [-0.05, 0) is 31.6 Å². The summed E-state index contributed by atoms with van der Waals surface area (Å²) in [6, 6.07) is 0. The van der Waals surface area contributed by atoms with E-state index in [-0.39, 0.29) is 17.2 Å². The number of aliphatic imine (C=N–C) groups is 1. The first-order chi connectivity index (χ1) is 9.09. The van der Waals surface area contributed by atoms with Crippen LogP contribution in [0.5, 0.6) is 0 Å². The molecule has 1 saturated carbocycles. The SMILES string of the molecule is Cn1c2c(c(=O)n(C)c1=O)C1CCCCCC(=N2)C1. The molecule has 5 heteroatoms. The van der Waals surface area contributed by atoms with Crippen molar-refractivity contribution in [2.24, 2.45) is 19.1 Å². The van der Waals surface area contributed by atoms with Crippen LogP contribution in [0.4, 0.5) is 5.82 Å². The number of fused-ring (bicyclic) bond motifs is 4. The summed E-state index contributed by atoms with van der Waals surface area (Å²) in [5.74, 6) is 0.842. The first-order valence-corrected chi connectivity index (χ1v) is 6.96. The van der Waals surface area contributed by atoms with E-state index in [9.17, 15) is 9.59 Å². The van der Waals surface area contributed by atoms with E-state index in [0.29, 0.717) is 5.82 Å². The molecule has 0 radical (unpaired) electrons. The van der Waals surface area contributed by atoms with Crippen molar-refractivity contribution in [3.63, 3.8) is 0 Å². The Morgan fingerprint density at radius 2 is 1.89 bits per heavy atom. The van der Waals surface area contributed by atoms with Crippen LogP contribution in [0.3, 0.4) is 0 Å². The van der Waals surface area contributed by atoms with Gasteiger partial charge in [-0.3, -0.25) is 13.9 Å². The molecule has 1 aromatic heterocycles. The normalized spacial score (nSPS) is 22.2. The molecule has 2 aliphatic rings. The average Bonchev–Trinajstić information content (AvgIpc) is 2.39. The molecule has 102 valence electrons. The molecular formula is C14H19N3O2. The largest absolute Gasteiger partial charge is 0.332 e. The Bertz CT molecular complexity index is 666. The zero-order valence-corrected chi connectivity index (χ0v) is 11.5. The van der Waals surface area contributed by atoms with Gasteiger partial charge in [0.05, 0.1) is 5.56 Å². The highest BCUT2D eigenvalue weighted by atomic mass is 16.2. The van der Waals surface area contributed by atoms with Crippen molar-refractivity contribution in [1.29, 1.82) is 0 Å². The highest BCUT2D eigenvalue weighted by Gasteiger charge is 2.29. The van der Waals surface area contributed by atoms with E-state index in [1.807, 2.05) is 0 Å². The minimum atomic E-state index is -0.287. The molecular weight excluding hydrogens is 242 g/mol. The maximum absolute atomic E-state index is 12.4. The van der Waals surface area contributed by atoms with Crippen LogP contribution >= 0.6 is 0 Å². The van der Waals surface area contributed by atoms with Crippen molar-refractivity contribution in [3.8, 4) is 0 Å². The summed E-state index contributed by atoms with van der Waals surface area (Å²) >= 11 is 0. The second-order valence-electron chi connectivity index (χ2n) is 5.62. The molecule has 1 aliphatic carbocycles. The number of rotatable bonds is 0. The van der Waals surface area contributed by atoms with Gasteiger partial charge in [-0.1, -0.05) is 12.8 Å². The molecule has 2 heterocycles. The number of hydrogen-bond acceptors (Lipinski definition) is 3. The molecule has 1 atom stereocenters. The quantitative estimate of drug-likeness (QED) is 0.712. The maximum Gasteiger partial charge on any atom is 0.332 e. The zero-order valence-electron chi connectivity index (χ0n) is 11.5. The first kappa shape index (κ1) is 12.4. The van der Waals surface area contributed by atoms with E-state index in [2.05, 4.69) is 4.99 Å². The molecule has 1 fully saturated rings. The molecule has 0 spiro atoms. The monoisotopic (exact) mass is 261 g/mol. The lowest BCUT2D eigenvalue weighted by Gasteiger charge is -2.27. The molecule has 0 N–H and O–H groups in total. The van der Waals surface area contributed by atoms with Crippen LogP contribution in [0.25, 0.3) is 0 Å². The number of nitrogens with zero attached hydrogens (tertiary/aromatic N) is 3. The third kappa shape index (κ3) is 1.88. The van der Waals surface area contributed by atoms with Crippen LogP contribution in [-0.2, 0) is 14.1 Å². The predicted molar refractivity (Wildman–Crippen MR) is 74.5 cm³/mol. The fourth-order valence-corrected chi connectivity index (χ4v) is 3.23. The van der Waals surface area contributed by atoms with Crippen molar-refractivity contribution in [2.45, 2.75) is 44.4 Å². The summed E-state index contributed by atoms with van der Waals surface area (Å²) < 4.78 is 2.72. The summed E-state index contributed by atoms with van der Waals surface area (Å²) in [4.78, 5) is 29.0. The molecule has 0 aromatic carbocycles. The van der Waals surface area contributed by atoms with Crippen molar-refractivity contribution < 1.29 is 0 Å². The fraction of sp³-hybridized carbons (Fsp3) is 0.643. The molecule has 0 amide bonds. The molecule has 1 unspecified atom stereocenters. The van der Waals surface area contributed by atoms with Crippen LogP contribution in [0.15, 0.2) is 14.6 Å². The van der Waals surface area contributed by atoms with E-state index in [4.69, 9.17) is 0 Å². The maximum atomic E-state index is 12.4. The molecule has 0 saturated heterocycles. The summed E-state index contributed by atoms with van der Waals surface area (Å²) in [7, 11) is 3.25. The molecule has 1 aliphatic heterocycles. The van der Waals surface area contributed by atoms with Crippen LogP contribution in [0.1, 0.15) is 50.0 Å². The minimum Gasteiger partial charge on any atom is -0.281 e. The Labute approximate surface area is 111 Å². The van der Waals surface area contributed by atoms with E-state index >= 15 is 0 Å². The van der Waals surface area contributed by atoms with Gasteiger partial charge in [-0.2, -0.15) is 0 Å². The Balaban J connectivity index is 2.30. The lowest BCUT2D eigenvalue weighted by atomic mass is 9.83. The molecule has 2 bridgehead atoms. The Hall–Kier alpha value is -1.65. The smallest absolute Gasteiger partial charge is 0.281 e. The van der Waals surface area contributed by atoms with Crippen LogP contribution in [0.2, 0.25) is 0 Å². The van der Waals surface area contributed by atoms with Gasteiger partial charge in [0.25, 0.3) is 5.56 Å². The van der Waals surface area contributed by atoms with Crippen molar-refractivity contribution in [1.82, 2.24) is 9.13 Å². The second-order valence-corrected chi connectivity index (χ2v) is 5.62. The van der Waals surface area contributed by atoms with Gasteiger partial charge >= 0.3 is 5.69 Å². The van der Waals surface area contributed by atoms with E-state index < -0.39 is 0 Å². The van der Waals surface area contributed by atoms with Crippen molar-refractivity contribution in [3.05, 3.63) is 26.4 Å². The summed E-state index contributed by atoms with van der Waals surface area (Å²) in [6.45, 7) is 0. The van der Waals surface area contributed by atoms with Gasteiger partial charge in [0.15, 0.2) is 0 Å². The lowest BCUT2D eigenvalue weighted by molar-refractivity contribution is 0.525. The fourth-order valence-electron chi connectivity index (χ4n) is 3.23. The van der Waals surface area contributed by atoms with Gasteiger partial charge in [0.1, 0.15) is 5.82 Å². The van der Waals surface area contributed by atoms with Crippen molar-refractivity contribution >= 4 is 11.5 Å². The summed E-state index contributed by atoms with van der Waals surface area (Å²) in [6.07, 6.45) is 6.44. The van der Waals surface area contributed by atoms with Gasteiger partial charge in [0, 0.05) is 19.8 Å². The molecule has 5 nitrogen and oxygen atoms in total. The van der Waals surface area contributed by atoms with E-state index in [0.717, 1.165) is 37.0 Å². The third-order valence-corrected chi connectivity index (χ3v) is 4.34. The Kier molecular flexibility index (Phi) is 2.92. The molecule has 19 heavy (non-hydrogen) atoms. The van der Waals surface area contributed by atoms with Crippen molar-refractivity contribution in [2.75, 3.05) is 0 Å².